The Morgan fingerprint density at radius 1 is 0.783 bits per heavy atom. The van der Waals surface area contributed by atoms with E-state index in [-0.39, 0.29) is 12.8 Å². The average Bonchev–Trinajstić information content (AvgIpc) is 3.05. The first-order valence-corrected chi connectivity index (χ1v) is 14.9. The maximum Gasteiger partial charge on any atom is 0.303 e. The number of hydrogen-bond donors (Lipinski definition) is 2. The molecule has 4 aromatic rings. The van der Waals surface area contributed by atoms with Gasteiger partial charge in [-0.25, -0.2) is 0 Å². The lowest BCUT2D eigenvalue weighted by Gasteiger charge is -2.43. The first-order valence-electron chi connectivity index (χ1n) is 14.9. The van der Waals surface area contributed by atoms with E-state index < -0.39 is 29.4 Å². The number of ether oxygens (including phenoxy) is 3. The lowest BCUT2D eigenvalue weighted by atomic mass is 9.89. The zero-order chi connectivity index (χ0) is 33.3. The van der Waals surface area contributed by atoms with Crippen LogP contribution < -0.4 is 19.9 Å². The number of aliphatic carboxylic acids is 1. The van der Waals surface area contributed by atoms with Crippen LogP contribution in [0.3, 0.4) is 0 Å². The van der Waals surface area contributed by atoms with Gasteiger partial charge in [-0.3, -0.25) is 14.4 Å². The Balaban J connectivity index is 1.53. The second-order valence-electron chi connectivity index (χ2n) is 11.6. The van der Waals surface area contributed by atoms with Gasteiger partial charge in [-0.15, -0.1) is 0 Å². The molecule has 2 amide bonds. The normalized spacial score (nSPS) is 11.7. The molecule has 0 saturated heterocycles. The van der Waals surface area contributed by atoms with Crippen molar-refractivity contribution in [1.82, 2.24) is 4.90 Å². The van der Waals surface area contributed by atoms with E-state index in [1.165, 1.54) is 4.90 Å². The van der Waals surface area contributed by atoms with E-state index in [1.807, 2.05) is 92.7 Å². The highest BCUT2D eigenvalue weighted by atomic mass is 16.5. The number of carboxylic acid groups (broad SMARTS) is 1. The molecular formula is C37H40N2O7. The van der Waals surface area contributed by atoms with E-state index in [1.54, 1.807) is 32.4 Å². The summed E-state index contributed by atoms with van der Waals surface area (Å²) in [6.07, 6.45) is 0.0476. The molecule has 4 rings (SSSR count). The summed E-state index contributed by atoms with van der Waals surface area (Å²) in [7, 11) is 3.20. The Morgan fingerprint density at radius 2 is 1.35 bits per heavy atom. The Kier molecular flexibility index (Phi) is 11.0. The molecule has 0 radical (unpaired) electrons. The first-order chi connectivity index (χ1) is 22.0. The SMILES string of the molecule is COc1cc(COc2ccc(-c3ccc(C(=O)N([C@@H](CCC(=O)O)C(N)=O)C(C)(C)Cc4ccccc4)cc3)cc2)cc(OC)c1. The standard InChI is InChI=1S/C37H40N2O7/c1-37(2,23-25-8-6-5-7-9-25)39(33(35(38)42)18-19-34(40)41)36(43)29-12-10-27(11-13-29)28-14-16-30(17-15-28)46-24-26-20-31(44-3)22-32(21-26)45-4/h5-17,20-22,33H,18-19,23-24H2,1-4H3,(H2,38,42)(H,40,41)/t33-/m0/s1. The Labute approximate surface area is 269 Å². The summed E-state index contributed by atoms with van der Waals surface area (Å²) in [6, 6.07) is 28.8. The predicted octanol–water partition coefficient (Wildman–Crippen LogP) is 6.13. The van der Waals surface area contributed by atoms with Gasteiger partial charge in [-0.2, -0.15) is 0 Å². The molecule has 0 spiro atoms. The van der Waals surface area contributed by atoms with Crippen LogP contribution in [0.1, 0.15) is 48.2 Å². The fourth-order valence-electron chi connectivity index (χ4n) is 5.48. The minimum absolute atomic E-state index is 0.0908. The fraction of sp³-hybridized carbons (Fsp3) is 0.270. The smallest absolute Gasteiger partial charge is 0.303 e. The minimum atomic E-state index is -1.10. The number of benzene rings is 4. The van der Waals surface area contributed by atoms with Crippen LogP contribution >= 0.6 is 0 Å². The molecule has 0 saturated carbocycles. The average molecular weight is 625 g/mol. The van der Waals surface area contributed by atoms with Crippen LogP contribution in [0.5, 0.6) is 17.2 Å². The molecule has 0 fully saturated rings. The second-order valence-corrected chi connectivity index (χ2v) is 11.6. The van der Waals surface area contributed by atoms with Crippen LogP contribution in [-0.4, -0.2) is 53.6 Å². The van der Waals surface area contributed by atoms with Crippen molar-refractivity contribution in [2.45, 2.75) is 51.3 Å². The van der Waals surface area contributed by atoms with Gasteiger partial charge >= 0.3 is 5.97 Å². The molecule has 0 heterocycles. The van der Waals surface area contributed by atoms with Crippen molar-refractivity contribution in [3.05, 3.63) is 114 Å². The summed E-state index contributed by atoms with van der Waals surface area (Å²) < 4.78 is 16.6. The maximum atomic E-state index is 14.1. The minimum Gasteiger partial charge on any atom is -0.497 e. The van der Waals surface area contributed by atoms with E-state index in [2.05, 4.69) is 0 Å². The van der Waals surface area contributed by atoms with Crippen molar-refractivity contribution in [2.24, 2.45) is 5.73 Å². The lowest BCUT2D eigenvalue weighted by Crippen LogP contribution is -2.58. The summed E-state index contributed by atoms with van der Waals surface area (Å²) in [5.74, 6) is -0.167. The molecule has 9 heteroatoms. The monoisotopic (exact) mass is 624 g/mol. The zero-order valence-electron chi connectivity index (χ0n) is 26.6. The van der Waals surface area contributed by atoms with Gasteiger partial charge < -0.3 is 30.0 Å². The number of nitrogens with zero attached hydrogens (tertiary/aromatic N) is 1. The summed E-state index contributed by atoms with van der Waals surface area (Å²) in [4.78, 5) is 39.6. The van der Waals surface area contributed by atoms with Gasteiger partial charge in [0, 0.05) is 23.6 Å². The highest BCUT2D eigenvalue weighted by Gasteiger charge is 2.39. The van der Waals surface area contributed by atoms with Crippen LogP contribution in [0.4, 0.5) is 0 Å². The molecule has 240 valence electrons. The Hall–Kier alpha value is -5.31. The van der Waals surface area contributed by atoms with E-state index in [4.69, 9.17) is 19.9 Å². The topological polar surface area (TPSA) is 128 Å². The number of carboxylic acids is 1. The molecule has 46 heavy (non-hydrogen) atoms. The number of nitrogens with two attached hydrogens (primary N) is 1. The molecule has 0 aliphatic carbocycles. The molecule has 0 bridgehead atoms. The number of primary amides is 1. The zero-order valence-corrected chi connectivity index (χ0v) is 26.6. The van der Waals surface area contributed by atoms with Crippen molar-refractivity contribution in [3.8, 4) is 28.4 Å². The number of hydrogen-bond acceptors (Lipinski definition) is 6. The molecule has 9 nitrogen and oxygen atoms in total. The van der Waals surface area contributed by atoms with Crippen molar-refractivity contribution in [3.63, 3.8) is 0 Å². The number of amides is 2. The summed E-state index contributed by atoms with van der Waals surface area (Å²) in [5.41, 5.74) is 8.96. The number of rotatable bonds is 15. The van der Waals surface area contributed by atoms with Crippen molar-refractivity contribution >= 4 is 17.8 Å². The maximum absolute atomic E-state index is 14.1. The van der Waals surface area contributed by atoms with Gasteiger partial charge in [0.15, 0.2) is 0 Å². The van der Waals surface area contributed by atoms with Gasteiger partial charge in [0.2, 0.25) is 5.91 Å². The van der Waals surface area contributed by atoms with Gasteiger partial charge in [0.1, 0.15) is 29.9 Å². The van der Waals surface area contributed by atoms with Gasteiger partial charge in [0.05, 0.1) is 14.2 Å². The fourth-order valence-corrected chi connectivity index (χ4v) is 5.48. The highest BCUT2D eigenvalue weighted by molar-refractivity contribution is 5.98. The van der Waals surface area contributed by atoms with Crippen LogP contribution in [-0.2, 0) is 22.6 Å². The van der Waals surface area contributed by atoms with Crippen LogP contribution in [0.25, 0.3) is 11.1 Å². The third-order valence-electron chi connectivity index (χ3n) is 7.76. The summed E-state index contributed by atoms with van der Waals surface area (Å²) in [6.45, 7) is 4.05. The van der Waals surface area contributed by atoms with E-state index in [0.29, 0.717) is 35.8 Å². The molecule has 0 aliphatic heterocycles. The number of carbonyl (C=O) groups is 3. The third kappa shape index (κ3) is 8.65. The number of carbonyl (C=O) groups excluding carboxylic acids is 2. The Morgan fingerprint density at radius 3 is 1.87 bits per heavy atom. The third-order valence-corrected chi connectivity index (χ3v) is 7.76. The highest BCUT2D eigenvalue weighted by Crippen LogP contribution is 2.30. The predicted molar refractivity (Wildman–Crippen MR) is 176 cm³/mol. The van der Waals surface area contributed by atoms with Gasteiger partial charge in [-0.05, 0) is 85.3 Å². The number of methoxy groups -OCH3 is 2. The summed E-state index contributed by atoms with van der Waals surface area (Å²) >= 11 is 0. The summed E-state index contributed by atoms with van der Waals surface area (Å²) in [5, 5.41) is 9.32. The van der Waals surface area contributed by atoms with Gasteiger partial charge in [0.25, 0.3) is 5.91 Å². The molecule has 0 unspecified atom stereocenters. The second kappa shape index (κ2) is 15.1. The largest absolute Gasteiger partial charge is 0.497 e. The van der Waals surface area contributed by atoms with E-state index in [0.717, 1.165) is 22.3 Å². The Bertz CT molecular complexity index is 1610. The molecule has 0 aliphatic rings. The van der Waals surface area contributed by atoms with Crippen LogP contribution in [0.2, 0.25) is 0 Å². The molecule has 3 N–H and O–H groups in total. The lowest BCUT2D eigenvalue weighted by molar-refractivity contribution is -0.137. The first kappa shape index (κ1) is 33.6. The van der Waals surface area contributed by atoms with Gasteiger partial charge in [-0.1, -0.05) is 54.6 Å². The van der Waals surface area contributed by atoms with E-state index in [9.17, 15) is 19.5 Å². The quantitative estimate of drug-likeness (QED) is 0.163. The molecule has 1 atom stereocenters. The van der Waals surface area contributed by atoms with Crippen molar-refractivity contribution in [1.29, 1.82) is 0 Å². The molecule has 4 aromatic carbocycles. The van der Waals surface area contributed by atoms with Crippen molar-refractivity contribution < 1.29 is 33.7 Å². The van der Waals surface area contributed by atoms with E-state index >= 15 is 0 Å². The van der Waals surface area contributed by atoms with Crippen LogP contribution in [0.15, 0.2) is 97.1 Å². The van der Waals surface area contributed by atoms with Crippen LogP contribution in [0, 0.1) is 0 Å². The molecule has 0 aromatic heterocycles. The van der Waals surface area contributed by atoms with Crippen molar-refractivity contribution in [2.75, 3.05) is 14.2 Å². The molecular weight excluding hydrogens is 584 g/mol.